The molecule has 5 heterocycles. The molecule has 2 N–H and O–H groups in total. The lowest BCUT2D eigenvalue weighted by Gasteiger charge is -2.47. The minimum Gasteiger partial charge on any atom is -0.451 e. The Labute approximate surface area is 253 Å². The molecule has 2 aliphatic heterocycles. The third kappa shape index (κ3) is 4.41. The Hall–Kier alpha value is -5.38. The lowest BCUT2D eigenvalue weighted by Crippen LogP contribution is -2.61. The Kier molecular flexibility index (Phi) is 5.71. The van der Waals surface area contributed by atoms with Crippen molar-refractivity contribution in [2.75, 3.05) is 18.0 Å². The van der Waals surface area contributed by atoms with E-state index >= 15 is 0 Å². The fourth-order valence-electron chi connectivity index (χ4n) is 6.03. The van der Waals surface area contributed by atoms with Gasteiger partial charge in [0, 0.05) is 35.6 Å². The van der Waals surface area contributed by atoms with Crippen molar-refractivity contribution in [3.63, 3.8) is 0 Å². The lowest BCUT2D eigenvalue weighted by atomic mass is 9.96. The molecule has 2 aliphatic rings. The van der Waals surface area contributed by atoms with Crippen LogP contribution in [0.15, 0.2) is 73.2 Å². The third-order valence-electron chi connectivity index (χ3n) is 8.25. The van der Waals surface area contributed by atoms with Crippen molar-refractivity contribution in [1.29, 1.82) is 0 Å². The van der Waals surface area contributed by atoms with Gasteiger partial charge in [0.1, 0.15) is 5.60 Å². The van der Waals surface area contributed by atoms with E-state index in [4.69, 9.17) is 14.5 Å². The molecule has 8 rings (SSSR count). The van der Waals surface area contributed by atoms with E-state index in [-0.39, 0.29) is 12.1 Å². The highest BCUT2D eigenvalue weighted by atomic mass is 16.6. The molecule has 220 valence electrons. The van der Waals surface area contributed by atoms with Crippen LogP contribution in [0.1, 0.15) is 26.3 Å². The van der Waals surface area contributed by atoms with Gasteiger partial charge >= 0.3 is 6.09 Å². The largest absolute Gasteiger partial charge is 0.451 e. The molecule has 0 unspecified atom stereocenters. The fraction of sp³-hybridized carbons (Fsp3) is 0.235. The van der Waals surface area contributed by atoms with E-state index < -0.39 is 5.60 Å². The third-order valence-corrected chi connectivity index (χ3v) is 8.25. The highest BCUT2D eigenvalue weighted by Gasteiger charge is 2.42. The summed E-state index contributed by atoms with van der Waals surface area (Å²) in [7, 11) is 0. The molecule has 3 aromatic carbocycles. The molecule has 0 bridgehead atoms. The number of amides is 1. The number of carbonyl (C=O) groups is 1. The van der Waals surface area contributed by atoms with Crippen molar-refractivity contribution in [1.82, 2.24) is 30.3 Å². The van der Waals surface area contributed by atoms with E-state index in [0.717, 1.165) is 66.9 Å². The molecule has 6 aromatic rings. The average Bonchev–Trinajstić information content (AvgIpc) is 3.63. The first-order chi connectivity index (χ1) is 21.2. The maximum absolute atomic E-state index is 12.8. The number of hydrogen-bond acceptors (Lipinski definition) is 7. The number of nitrogens with zero attached hydrogens (tertiary/aromatic N) is 5. The van der Waals surface area contributed by atoms with Gasteiger partial charge in [-0.05, 0) is 92.4 Å². The number of nitrogens with one attached hydrogen (secondary N) is 2. The first-order valence-corrected chi connectivity index (χ1v) is 14.7. The second-order valence-corrected chi connectivity index (χ2v) is 12.5. The van der Waals surface area contributed by atoms with E-state index in [1.165, 1.54) is 0 Å². The Balaban J connectivity index is 1.19. The number of hydrogen-bond donors (Lipinski definition) is 2. The summed E-state index contributed by atoms with van der Waals surface area (Å²) in [6, 6.07) is 18.8. The Morgan fingerprint density at radius 2 is 1.55 bits per heavy atom. The molecule has 44 heavy (non-hydrogen) atoms. The maximum Gasteiger partial charge on any atom is 0.410 e. The van der Waals surface area contributed by atoms with Crippen LogP contribution in [0.2, 0.25) is 0 Å². The highest BCUT2D eigenvalue weighted by molar-refractivity contribution is 5.89. The molecule has 1 amide bonds. The zero-order valence-corrected chi connectivity index (χ0v) is 24.9. The summed E-state index contributed by atoms with van der Waals surface area (Å²) < 4.78 is 12.3. The van der Waals surface area contributed by atoms with Crippen LogP contribution in [0.25, 0.3) is 44.1 Å². The van der Waals surface area contributed by atoms with Crippen molar-refractivity contribution in [2.45, 2.75) is 39.3 Å². The number of anilines is 2. The lowest BCUT2D eigenvalue weighted by molar-refractivity contribution is 0.00878. The van der Waals surface area contributed by atoms with E-state index in [1.54, 1.807) is 4.90 Å². The van der Waals surface area contributed by atoms with Crippen LogP contribution >= 0.6 is 0 Å². The van der Waals surface area contributed by atoms with Crippen LogP contribution in [-0.4, -0.2) is 61.1 Å². The average molecular weight is 586 g/mol. The summed E-state index contributed by atoms with van der Waals surface area (Å²) >= 11 is 0. The number of H-pyrrole nitrogens is 2. The monoisotopic (exact) mass is 585 g/mol. The van der Waals surface area contributed by atoms with E-state index in [2.05, 4.69) is 68.6 Å². The maximum atomic E-state index is 12.8. The number of rotatable bonds is 3. The summed E-state index contributed by atoms with van der Waals surface area (Å²) in [5.41, 5.74) is 7.58. The van der Waals surface area contributed by atoms with Gasteiger partial charge in [-0.2, -0.15) is 10.2 Å². The molecule has 0 saturated carbocycles. The normalized spacial score (nSPS) is 14.7. The Morgan fingerprint density at radius 3 is 2.25 bits per heavy atom. The second kappa shape index (κ2) is 9.57. The number of pyridine rings is 1. The molecule has 10 heteroatoms. The topological polar surface area (TPSA) is 112 Å². The number of aryl methyl sites for hydroxylation is 1. The quantitative estimate of drug-likeness (QED) is 0.223. The minimum absolute atomic E-state index is 0.0112. The molecule has 1 saturated heterocycles. The number of ether oxygens (including phenoxy) is 2. The van der Waals surface area contributed by atoms with Crippen molar-refractivity contribution < 1.29 is 14.3 Å². The molecule has 1 fully saturated rings. The fourth-order valence-corrected chi connectivity index (χ4v) is 6.03. The van der Waals surface area contributed by atoms with Gasteiger partial charge in [-0.3, -0.25) is 10.2 Å². The highest BCUT2D eigenvalue weighted by Crippen LogP contribution is 2.50. The summed E-state index contributed by atoms with van der Waals surface area (Å²) in [5.74, 6) is 2.13. The smallest absolute Gasteiger partial charge is 0.410 e. The number of carbonyl (C=O) groups excluding carboxylic acids is 1. The number of likely N-dealkylation sites (tertiary alicyclic amines) is 1. The number of fused-ring (bicyclic) bond motifs is 4. The van der Waals surface area contributed by atoms with Gasteiger partial charge in [-0.15, -0.1) is 0 Å². The Bertz CT molecular complexity index is 2080. The van der Waals surface area contributed by atoms with Crippen LogP contribution in [0, 0.1) is 6.92 Å². The summed E-state index contributed by atoms with van der Waals surface area (Å²) in [4.78, 5) is 21.7. The second-order valence-electron chi connectivity index (χ2n) is 12.5. The predicted molar refractivity (Wildman–Crippen MR) is 169 cm³/mol. The molecular weight excluding hydrogens is 554 g/mol. The molecular formula is C34H31N7O3. The first-order valence-electron chi connectivity index (χ1n) is 14.7. The standard InChI is InChI=1S/C34H31N7O3/c1-19-9-29-30(13-26(19)21-6-8-28-24(11-21)16-37-39-28)43-31-12-22(20-5-7-27-23(10-20)15-36-38-27)14-35-32(31)41(29)25-17-40(18-25)33(42)44-34(2,3)4/h5-16,25H,17-18H2,1-4H3,(H,36,38)(H,37,39). The van der Waals surface area contributed by atoms with E-state index in [0.29, 0.717) is 18.8 Å². The van der Waals surface area contributed by atoms with E-state index in [1.807, 2.05) is 57.6 Å². The molecule has 0 spiro atoms. The van der Waals surface area contributed by atoms with Gasteiger partial charge in [-0.1, -0.05) is 12.1 Å². The zero-order chi connectivity index (χ0) is 30.2. The van der Waals surface area contributed by atoms with Crippen molar-refractivity contribution in [3.05, 3.63) is 78.8 Å². The summed E-state index contributed by atoms with van der Waals surface area (Å²) in [6.07, 6.45) is 5.23. The van der Waals surface area contributed by atoms with Gasteiger partial charge < -0.3 is 19.3 Å². The minimum atomic E-state index is -0.551. The summed E-state index contributed by atoms with van der Waals surface area (Å²) in [6.45, 7) is 8.80. The van der Waals surface area contributed by atoms with Crippen LogP contribution in [0.4, 0.5) is 16.3 Å². The molecule has 10 nitrogen and oxygen atoms in total. The van der Waals surface area contributed by atoms with Crippen LogP contribution in [0.5, 0.6) is 11.5 Å². The first kappa shape index (κ1) is 26.3. The zero-order valence-electron chi connectivity index (χ0n) is 24.9. The predicted octanol–water partition coefficient (Wildman–Crippen LogP) is 7.34. The Morgan fingerprint density at radius 1 is 0.864 bits per heavy atom. The SMILES string of the molecule is Cc1cc2c(cc1-c1ccc3[nH]ncc3c1)Oc1cc(-c3ccc4[nH]ncc4c3)cnc1N2C1CN(C(=O)OC(C)(C)C)C1. The molecule has 0 aliphatic carbocycles. The number of benzene rings is 3. The summed E-state index contributed by atoms with van der Waals surface area (Å²) in [5, 5.41) is 16.4. The van der Waals surface area contributed by atoms with Gasteiger partial charge in [0.05, 0.1) is 35.2 Å². The van der Waals surface area contributed by atoms with E-state index in [9.17, 15) is 4.79 Å². The van der Waals surface area contributed by atoms with Crippen LogP contribution in [0.3, 0.4) is 0 Å². The number of aromatic nitrogens is 5. The van der Waals surface area contributed by atoms with Crippen molar-refractivity contribution in [3.8, 4) is 33.8 Å². The van der Waals surface area contributed by atoms with Crippen LogP contribution < -0.4 is 9.64 Å². The number of aromatic amines is 2. The van der Waals surface area contributed by atoms with Crippen molar-refractivity contribution >= 4 is 39.4 Å². The molecule has 3 aromatic heterocycles. The van der Waals surface area contributed by atoms with Crippen molar-refractivity contribution in [2.24, 2.45) is 0 Å². The van der Waals surface area contributed by atoms with Gasteiger partial charge in [0.15, 0.2) is 17.3 Å². The van der Waals surface area contributed by atoms with Gasteiger partial charge in [0.2, 0.25) is 0 Å². The molecule has 0 atom stereocenters. The molecule has 0 radical (unpaired) electrons. The van der Waals surface area contributed by atoms with Gasteiger partial charge in [0.25, 0.3) is 0 Å². The van der Waals surface area contributed by atoms with Gasteiger partial charge in [-0.25, -0.2) is 9.78 Å². The van der Waals surface area contributed by atoms with Crippen LogP contribution in [-0.2, 0) is 4.74 Å².